The maximum absolute atomic E-state index is 12.8. The summed E-state index contributed by atoms with van der Waals surface area (Å²) in [6, 6.07) is 3.37. The minimum Gasteiger partial charge on any atom is -0.477 e. The van der Waals surface area contributed by atoms with Crippen LogP contribution in [0.1, 0.15) is 19.8 Å². The first-order valence-corrected chi connectivity index (χ1v) is 8.48. The second kappa shape index (κ2) is 6.05. The Balaban J connectivity index is 1.57. The van der Waals surface area contributed by atoms with Crippen LogP contribution in [0.15, 0.2) is 18.3 Å². The molecule has 6 nitrogen and oxygen atoms in total. The summed E-state index contributed by atoms with van der Waals surface area (Å²) in [7, 11) is 0. The zero-order chi connectivity index (χ0) is 17.6. The highest BCUT2D eigenvalue weighted by Crippen LogP contribution is 2.35. The van der Waals surface area contributed by atoms with Crippen molar-refractivity contribution in [3.8, 4) is 5.75 Å². The van der Waals surface area contributed by atoms with Crippen LogP contribution in [-0.4, -0.2) is 46.0 Å². The first-order chi connectivity index (χ1) is 11.9. The zero-order valence-corrected chi connectivity index (χ0v) is 13.8. The Kier molecular flexibility index (Phi) is 3.98. The Morgan fingerprint density at radius 3 is 2.72 bits per heavy atom. The predicted molar refractivity (Wildman–Crippen MR) is 85.6 cm³/mol. The van der Waals surface area contributed by atoms with Crippen molar-refractivity contribution in [1.82, 2.24) is 19.9 Å². The number of piperidine rings is 1. The second-order valence-corrected chi connectivity index (χ2v) is 6.80. The molecule has 136 valence electrons. The molecule has 1 saturated heterocycles. The van der Waals surface area contributed by atoms with E-state index in [1.807, 2.05) is 0 Å². The smallest absolute Gasteiger partial charge is 0.425 e. The van der Waals surface area contributed by atoms with Gasteiger partial charge < -0.3 is 15.4 Å². The first-order valence-electron chi connectivity index (χ1n) is 8.48. The molecule has 1 aliphatic heterocycles. The summed E-state index contributed by atoms with van der Waals surface area (Å²) in [4.78, 5) is 4.37. The Morgan fingerprint density at radius 2 is 2.04 bits per heavy atom. The monoisotopic (exact) mass is 355 g/mol. The molecule has 2 bridgehead atoms. The summed E-state index contributed by atoms with van der Waals surface area (Å²) in [5.74, 6) is 1.57. The van der Waals surface area contributed by atoms with Gasteiger partial charge in [-0.3, -0.25) is 0 Å². The van der Waals surface area contributed by atoms with Crippen molar-refractivity contribution in [2.75, 3.05) is 18.4 Å². The summed E-state index contributed by atoms with van der Waals surface area (Å²) in [6.07, 6.45) is -2.36. The van der Waals surface area contributed by atoms with E-state index in [0.717, 1.165) is 20.0 Å². The number of fused-ring (bicyclic) bond motifs is 3. The van der Waals surface area contributed by atoms with E-state index in [2.05, 4.69) is 20.7 Å². The zero-order valence-electron chi connectivity index (χ0n) is 13.8. The lowest BCUT2D eigenvalue weighted by atomic mass is 9.94. The number of nitrogens with one attached hydrogen (secondary N) is 2. The number of hydrogen-bond donors (Lipinski definition) is 2. The van der Waals surface area contributed by atoms with Crippen LogP contribution in [-0.2, 0) is 0 Å². The van der Waals surface area contributed by atoms with Crippen molar-refractivity contribution in [3.63, 3.8) is 0 Å². The van der Waals surface area contributed by atoms with Gasteiger partial charge in [0.15, 0.2) is 17.5 Å². The molecule has 0 aromatic carbocycles. The van der Waals surface area contributed by atoms with Crippen molar-refractivity contribution >= 4 is 11.6 Å². The second-order valence-electron chi connectivity index (χ2n) is 6.80. The quantitative estimate of drug-likeness (QED) is 0.882. The predicted octanol–water partition coefficient (Wildman–Crippen LogP) is 2.47. The summed E-state index contributed by atoms with van der Waals surface area (Å²) in [5, 5.41) is 11.2. The number of hydrogen-bond acceptors (Lipinski definition) is 5. The van der Waals surface area contributed by atoms with Crippen LogP contribution in [0.25, 0.3) is 5.65 Å². The molecule has 4 rings (SSSR count). The van der Waals surface area contributed by atoms with E-state index < -0.39 is 12.3 Å². The Bertz CT molecular complexity index is 746. The number of rotatable bonds is 4. The summed E-state index contributed by atoms with van der Waals surface area (Å²) >= 11 is 0. The van der Waals surface area contributed by atoms with Gasteiger partial charge in [0, 0.05) is 12.2 Å². The highest BCUT2D eigenvalue weighted by molar-refractivity contribution is 5.56. The fourth-order valence-electron chi connectivity index (χ4n) is 3.76. The van der Waals surface area contributed by atoms with Gasteiger partial charge in [0.05, 0.1) is 0 Å². The molecular weight excluding hydrogens is 335 g/mol. The van der Waals surface area contributed by atoms with Crippen molar-refractivity contribution in [2.45, 2.75) is 38.1 Å². The van der Waals surface area contributed by atoms with Crippen LogP contribution in [0, 0.1) is 11.8 Å². The van der Waals surface area contributed by atoms with Crippen molar-refractivity contribution in [2.24, 2.45) is 11.8 Å². The molecule has 2 fully saturated rings. The molecule has 1 saturated carbocycles. The SMILES string of the molecule is C[C@@H](Oc1cccn2nc(NC3[C@@H]4CC[C@H]3CNC4)nc12)C(F)(F)F. The lowest BCUT2D eigenvalue weighted by molar-refractivity contribution is -0.189. The molecule has 2 aromatic rings. The minimum atomic E-state index is -4.43. The van der Waals surface area contributed by atoms with Crippen LogP contribution in [0.2, 0.25) is 0 Å². The standard InChI is InChI=1S/C16H20F3N5O/c1-9(16(17,18)19)25-12-3-2-6-24-14(12)22-15(23-24)21-13-10-4-5-11(13)8-20-7-10/h2-3,6,9-11,13,20H,4-5,7-8H2,1H3,(H,21,23)/t9-,10-,11+,13?/m1/s1. The van der Waals surface area contributed by atoms with Gasteiger partial charge >= 0.3 is 6.18 Å². The highest BCUT2D eigenvalue weighted by Gasteiger charge is 2.40. The Labute approximate surface area is 142 Å². The Morgan fingerprint density at radius 1 is 1.32 bits per heavy atom. The number of anilines is 1. The number of halogens is 3. The number of alkyl halides is 3. The van der Waals surface area contributed by atoms with Gasteiger partial charge in [-0.25, -0.2) is 4.52 Å². The molecule has 0 spiro atoms. The number of pyridine rings is 1. The van der Waals surface area contributed by atoms with E-state index in [0.29, 0.717) is 23.8 Å². The third-order valence-electron chi connectivity index (χ3n) is 5.12. The van der Waals surface area contributed by atoms with Gasteiger partial charge in [-0.15, -0.1) is 5.10 Å². The largest absolute Gasteiger partial charge is 0.477 e. The average Bonchev–Trinajstić information content (AvgIpc) is 3.04. The molecule has 4 atom stereocenters. The van der Waals surface area contributed by atoms with E-state index in [4.69, 9.17) is 4.74 Å². The molecule has 2 aromatic heterocycles. The molecule has 0 radical (unpaired) electrons. The fourth-order valence-corrected chi connectivity index (χ4v) is 3.76. The van der Waals surface area contributed by atoms with Gasteiger partial charge in [0.2, 0.25) is 5.95 Å². The van der Waals surface area contributed by atoms with E-state index in [9.17, 15) is 13.2 Å². The highest BCUT2D eigenvalue weighted by atomic mass is 19.4. The number of aromatic nitrogens is 3. The Hall–Kier alpha value is -2.03. The lowest BCUT2D eigenvalue weighted by Gasteiger charge is -2.30. The molecular formula is C16H20F3N5O. The van der Waals surface area contributed by atoms with Crippen molar-refractivity contribution in [3.05, 3.63) is 18.3 Å². The third kappa shape index (κ3) is 3.12. The fraction of sp³-hybridized carbons (Fsp3) is 0.625. The summed E-state index contributed by atoms with van der Waals surface area (Å²) in [5.41, 5.74) is 0.280. The third-order valence-corrected chi connectivity index (χ3v) is 5.12. The number of ether oxygens (including phenoxy) is 1. The van der Waals surface area contributed by atoms with E-state index in [-0.39, 0.29) is 11.4 Å². The van der Waals surface area contributed by atoms with Gasteiger partial charge in [0.25, 0.3) is 0 Å². The van der Waals surface area contributed by atoms with Gasteiger partial charge in [-0.1, -0.05) is 0 Å². The van der Waals surface area contributed by atoms with Gasteiger partial charge in [-0.05, 0) is 56.8 Å². The van der Waals surface area contributed by atoms with Gasteiger partial charge in [0.1, 0.15) is 0 Å². The summed E-state index contributed by atoms with van der Waals surface area (Å²) < 4.78 is 44.8. The molecule has 1 unspecified atom stereocenters. The first kappa shape index (κ1) is 16.4. The topological polar surface area (TPSA) is 63.5 Å². The normalized spacial score (nSPS) is 27.4. The molecule has 0 amide bonds. The maximum Gasteiger partial charge on any atom is 0.425 e. The van der Waals surface area contributed by atoms with Crippen molar-refractivity contribution < 1.29 is 17.9 Å². The van der Waals surface area contributed by atoms with Crippen LogP contribution in [0.5, 0.6) is 5.75 Å². The molecule has 2 aliphatic rings. The summed E-state index contributed by atoms with van der Waals surface area (Å²) in [6.45, 7) is 2.92. The van der Waals surface area contributed by atoms with E-state index in [1.54, 1.807) is 12.3 Å². The van der Waals surface area contributed by atoms with Crippen LogP contribution >= 0.6 is 0 Å². The molecule has 9 heteroatoms. The van der Waals surface area contributed by atoms with E-state index >= 15 is 0 Å². The lowest BCUT2D eigenvalue weighted by Crippen LogP contribution is -2.45. The van der Waals surface area contributed by atoms with E-state index in [1.165, 1.54) is 23.4 Å². The maximum atomic E-state index is 12.8. The van der Waals surface area contributed by atoms with Crippen LogP contribution in [0.4, 0.5) is 19.1 Å². The molecule has 25 heavy (non-hydrogen) atoms. The van der Waals surface area contributed by atoms with Crippen molar-refractivity contribution in [1.29, 1.82) is 0 Å². The van der Waals surface area contributed by atoms with Gasteiger partial charge in [-0.2, -0.15) is 18.2 Å². The molecule has 1 aliphatic carbocycles. The van der Waals surface area contributed by atoms with Crippen LogP contribution in [0.3, 0.4) is 0 Å². The molecule has 2 N–H and O–H groups in total. The molecule has 3 heterocycles. The minimum absolute atomic E-state index is 0.0705. The number of nitrogens with zero attached hydrogens (tertiary/aromatic N) is 3. The average molecular weight is 355 g/mol. The van der Waals surface area contributed by atoms with Crippen LogP contribution < -0.4 is 15.4 Å².